The summed E-state index contributed by atoms with van der Waals surface area (Å²) in [5, 5.41) is 2.91. The first-order chi connectivity index (χ1) is 14.0. The van der Waals surface area contributed by atoms with Gasteiger partial charge in [-0.1, -0.05) is 0 Å². The van der Waals surface area contributed by atoms with Crippen molar-refractivity contribution in [2.75, 3.05) is 12.4 Å². The maximum atomic E-state index is 12.6. The molecule has 0 saturated heterocycles. The topological polar surface area (TPSA) is 64.2 Å². The van der Waals surface area contributed by atoms with Crippen molar-refractivity contribution in [3.8, 4) is 17.0 Å². The van der Waals surface area contributed by atoms with Crippen LogP contribution in [0.5, 0.6) is 5.75 Å². The number of benzene rings is 2. The molecule has 2 aromatic carbocycles. The van der Waals surface area contributed by atoms with E-state index in [0.717, 1.165) is 42.2 Å². The largest absolute Gasteiger partial charge is 0.497 e. The van der Waals surface area contributed by atoms with Crippen molar-refractivity contribution in [2.45, 2.75) is 32.9 Å². The summed E-state index contributed by atoms with van der Waals surface area (Å²) in [6.45, 7) is 2.73. The molecule has 0 bridgehead atoms. The van der Waals surface area contributed by atoms with E-state index in [1.807, 2.05) is 28.8 Å². The molecule has 0 spiro atoms. The van der Waals surface area contributed by atoms with E-state index in [-0.39, 0.29) is 18.2 Å². The third kappa shape index (κ3) is 3.92. The summed E-state index contributed by atoms with van der Waals surface area (Å²) in [5.74, 6) is 1.91. The molecule has 6 heteroatoms. The molecule has 1 aliphatic rings. The van der Waals surface area contributed by atoms with Crippen LogP contribution in [0.25, 0.3) is 11.3 Å². The maximum Gasteiger partial charge on any atom is 0.266 e. The van der Waals surface area contributed by atoms with Crippen LogP contribution in [0, 0.1) is 0 Å². The molecule has 148 valence electrons. The second-order valence-corrected chi connectivity index (χ2v) is 7.22. The van der Waals surface area contributed by atoms with Crippen molar-refractivity contribution in [1.29, 1.82) is 0 Å². The van der Waals surface area contributed by atoms with Gasteiger partial charge in [-0.2, -0.15) is 0 Å². The van der Waals surface area contributed by atoms with Crippen molar-refractivity contribution in [2.24, 2.45) is 0 Å². The highest BCUT2D eigenvalue weighted by Gasteiger charge is 2.29. The number of anilines is 1. The highest BCUT2D eigenvalue weighted by atomic mass is 16.5. The van der Waals surface area contributed by atoms with Gasteiger partial charge in [-0.3, -0.25) is 9.59 Å². The number of Topliss-reactive ketones (excluding diaryl/α,β-unsaturated/α-hetero) is 1. The Kier molecular flexibility index (Phi) is 5.16. The van der Waals surface area contributed by atoms with E-state index in [1.165, 1.54) is 6.92 Å². The molecular weight excluding hydrogens is 366 g/mol. The first-order valence-electron chi connectivity index (χ1n) is 9.72. The lowest BCUT2D eigenvalue weighted by molar-refractivity contribution is -0.690. The van der Waals surface area contributed by atoms with E-state index < -0.39 is 0 Å². The van der Waals surface area contributed by atoms with Crippen LogP contribution in [0.15, 0.2) is 54.7 Å². The summed E-state index contributed by atoms with van der Waals surface area (Å²) in [5.41, 5.74) is 3.53. The Labute approximate surface area is 169 Å². The lowest BCUT2D eigenvalue weighted by Gasteiger charge is -2.05. The third-order valence-electron chi connectivity index (χ3n) is 5.27. The molecule has 1 aliphatic heterocycles. The molecule has 0 saturated carbocycles. The fourth-order valence-electron chi connectivity index (χ4n) is 3.78. The van der Waals surface area contributed by atoms with Gasteiger partial charge in [-0.15, -0.1) is 0 Å². The molecule has 1 N–H and O–H groups in total. The molecule has 1 amide bonds. The molecule has 29 heavy (non-hydrogen) atoms. The number of ketones is 1. The Morgan fingerprint density at radius 1 is 1.10 bits per heavy atom. The Balaban J connectivity index is 1.52. The van der Waals surface area contributed by atoms with Crippen LogP contribution < -0.4 is 14.6 Å². The number of nitrogens with zero attached hydrogens (tertiary/aromatic N) is 2. The van der Waals surface area contributed by atoms with Gasteiger partial charge in [-0.05, 0) is 61.9 Å². The molecule has 0 atom stereocenters. The maximum absolute atomic E-state index is 12.6. The standard InChI is InChI=1S/C23H23N3O3/c1-16(27)17-5-9-19(10-6-17)24-22(28)15-25-14-21(26-13-3-4-23(25)26)18-7-11-20(29-2)12-8-18/h5-12,14H,3-4,13,15H2,1-2H3/p+1. The summed E-state index contributed by atoms with van der Waals surface area (Å²) < 4.78 is 9.57. The number of hydrogen-bond donors (Lipinski definition) is 1. The van der Waals surface area contributed by atoms with Crippen LogP contribution in [-0.4, -0.2) is 23.4 Å². The number of nitrogens with one attached hydrogen (secondary N) is 1. The molecular formula is C23H24N3O3+. The van der Waals surface area contributed by atoms with Gasteiger partial charge in [0.25, 0.3) is 11.7 Å². The molecule has 0 fully saturated rings. The van der Waals surface area contributed by atoms with Gasteiger partial charge < -0.3 is 10.1 Å². The van der Waals surface area contributed by atoms with Crippen molar-refractivity contribution < 1.29 is 18.9 Å². The monoisotopic (exact) mass is 390 g/mol. The summed E-state index contributed by atoms with van der Waals surface area (Å²) in [7, 11) is 1.66. The third-order valence-corrected chi connectivity index (χ3v) is 5.27. The predicted molar refractivity (Wildman–Crippen MR) is 110 cm³/mol. The molecule has 0 radical (unpaired) electrons. The molecule has 4 rings (SSSR count). The number of rotatable bonds is 6. The van der Waals surface area contributed by atoms with Gasteiger partial charge in [0, 0.05) is 16.8 Å². The first-order valence-corrected chi connectivity index (χ1v) is 9.72. The van der Waals surface area contributed by atoms with Gasteiger partial charge >= 0.3 is 0 Å². The van der Waals surface area contributed by atoms with E-state index in [2.05, 4.69) is 16.1 Å². The van der Waals surface area contributed by atoms with Crippen LogP contribution in [0.2, 0.25) is 0 Å². The van der Waals surface area contributed by atoms with E-state index in [0.29, 0.717) is 11.3 Å². The number of ether oxygens (including phenoxy) is 1. The van der Waals surface area contributed by atoms with Crippen molar-refractivity contribution in [1.82, 2.24) is 4.57 Å². The van der Waals surface area contributed by atoms with Crippen LogP contribution >= 0.6 is 0 Å². The number of carbonyl (C=O) groups is 2. The predicted octanol–water partition coefficient (Wildman–Crippen LogP) is 3.24. The zero-order valence-corrected chi connectivity index (χ0v) is 16.6. The van der Waals surface area contributed by atoms with Gasteiger partial charge in [0.1, 0.15) is 11.9 Å². The molecule has 2 heterocycles. The number of carbonyl (C=O) groups excluding carboxylic acids is 2. The molecule has 0 aliphatic carbocycles. The van der Waals surface area contributed by atoms with Crippen LogP contribution in [0.1, 0.15) is 29.5 Å². The number of fused-ring (bicyclic) bond motifs is 1. The SMILES string of the molecule is COc1ccc(-c2c[n+](CC(=O)Nc3ccc(C(C)=O)cc3)c3n2CCC3)cc1. The van der Waals surface area contributed by atoms with Gasteiger partial charge in [-0.25, -0.2) is 9.13 Å². The molecule has 3 aromatic rings. The first kappa shape index (κ1) is 18.9. The second-order valence-electron chi connectivity index (χ2n) is 7.22. The van der Waals surface area contributed by atoms with E-state index >= 15 is 0 Å². The average molecular weight is 390 g/mol. The van der Waals surface area contributed by atoms with Crippen LogP contribution in [-0.2, 0) is 24.3 Å². The van der Waals surface area contributed by atoms with E-state index in [9.17, 15) is 9.59 Å². The van der Waals surface area contributed by atoms with Crippen LogP contribution in [0.3, 0.4) is 0 Å². The zero-order chi connectivity index (χ0) is 20.4. The quantitative estimate of drug-likeness (QED) is 0.519. The normalized spacial score (nSPS) is 12.5. The molecule has 0 unspecified atom stereocenters. The smallest absolute Gasteiger partial charge is 0.266 e. The number of hydrogen-bond acceptors (Lipinski definition) is 3. The van der Waals surface area contributed by atoms with Gasteiger partial charge in [0.15, 0.2) is 18.0 Å². The number of imidazole rings is 1. The number of methoxy groups -OCH3 is 1. The Morgan fingerprint density at radius 3 is 2.48 bits per heavy atom. The Morgan fingerprint density at radius 2 is 1.83 bits per heavy atom. The van der Waals surface area contributed by atoms with E-state index in [4.69, 9.17) is 4.74 Å². The zero-order valence-electron chi connectivity index (χ0n) is 16.6. The number of amides is 1. The highest BCUT2D eigenvalue weighted by molar-refractivity contribution is 5.95. The van der Waals surface area contributed by atoms with E-state index in [1.54, 1.807) is 31.4 Å². The summed E-state index contributed by atoms with van der Waals surface area (Å²) in [4.78, 5) is 24.0. The fraction of sp³-hybridized carbons (Fsp3) is 0.261. The second kappa shape index (κ2) is 7.91. The Bertz CT molecular complexity index is 1050. The molecule has 1 aromatic heterocycles. The summed E-state index contributed by atoms with van der Waals surface area (Å²) >= 11 is 0. The lowest BCUT2D eigenvalue weighted by Crippen LogP contribution is -2.42. The highest BCUT2D eigenvalue weighted by Crippen LogP contribution is 2.26. The summed E-state index contributed by atoms with van der Waals surface area (Å²) in [6.07, 6.45) is 4.08. The van der Waals surface area contributed by atoms with Gasteiger partial charge in [0.05, 0.1) is 20.1 Å². The fourth-order valence-corrected chi connectivity index (χ4v) is 3.78. The van der Waals surface area contributed by atoms with Crippen molar-refractivity contribution in [3.63, 3.8) is 0 Å². The minimum Gasteiger partial charge on any atom is -0.497 e. The minimum absolute atomic E-state index is 0.00821. The Hall–Kier alpha value is -3.41. The average Bonchev–Trinajstić information content (AvgIpc) is 3.32. The van der Waals surface area contributed by atoms with Crippen LogP contribution in [0.4, 0.5) is 5.69 Å². The minimum atomic E-state index is -0.0906. The summed E-state index contributed by atoms with van der Waals surface area (Å²) in [6, 6.07) is 14.9. The van der Waals surface area contributed by atoms with Crippen molar-refractivity contribution in [3.05, 3.63) is 66.1 Å². The number of aromatic nitrogens is 2. The van der Waals surface area contributed by atoms with Crippen molar-refractivity contribution >= 4 is 17.4 Å². The lowest BCUT2D eigenvalue weighted by atomic mass is 10.1. The molecule has 6 nitrogen and oxygen atoms in total. The van der Waals surface area contributed by atoms with Gasteiger partial charge in [0.2, 0.25) is 0 Å².